The van der Waals surface area contributed by atoms with Crippen LogP contribution in [0.5, 0.6) is 5.75 Å². The summed E-state index contributed by atoms with van der Waals surface area (Å²) in [7, 11) is 1.40. The number of aromatic nitrogens is 1. The quantitative estimate of drug-likeness (QED) is 0.305. The number of likely N-dealkylation sites (tertiary alicyclic amines) is 1. The van der Waals surface area contributed by atoms with Crippen molar-refractivity contribution < 1.29 is 50.2 Å². The monoisotopic (exact) mass is 729 g/mol. The molecule has 1 atom stereocenters. The van der Waals surface area contributed by atoms with Crippen LogP contribution in [0, 0.1) is 0 Å². The summed E-state index contributed by atoms with van der Waals surface area (Å²) in [5.41, 5.74) is -3.39. The van der Waals surface area contributed by atoms with Crippen molar-refractivity contribution in [3.8, 4) is 5.75 Å². The maximum Gasteiger partial charge on any atom is 0.417 e. The second-order valence-electron chi connectivity index (χ2n) is 11.6. The number of piperazine rings is 1. The summed E-state index contributed by atoms with van der Waals surface area (Å²) >= 11 is 0. The van der Waals surface area contributed by atoms with Crippen LogP contribution in [0.4, 0.5) is 37.7 Å². The summed E-state index contributed by atoms with van der Waals surface area (Å²) in [4.78, 5) is 48.4. The van der Waals surface area contributed by atoms with Gasteiger partial charge < -0.3 is 29.5 Å². The molecule has 2 saturated heterocycles. The number of nitrogens with zero attached hydrogens (tertiary/aromatic N) is 4. The van der Waals surface area contributed by atoms with Gasteiger partial charge in [-0.05, 0) is 55.3 Å². The fourth-order valence-electron chi connectivity index (χ4n) is 6.03. The Bertz CT molecular complexity index is 1670. The number of benzene rings is 2. The maximum absolute atomic E-state index is 14.4. The van der Waals surface area contributed by atoms with Gasteiger partial charge >= 0.3 is 12.4 Å². The van der Waals surface area contributed by atoms with Crippen molar-refractivity contribution in [2.45, 2.75) is 30.8 Å². The molecule has 270 valence electrons. The van der Waals surface area contributed by atoms with Crippen LogP contribution < -0.4 is 15.0 Å². The van der Waals surface area contributed by atoms with Gasteiger partial charge in [-0.1, -0.05) is 12.1 Å². The number of alkyl halides is 6. The van der Waals surface area contributed by atoms with Gasteiger partial charge in [0.1, 0.15) is 12.4 Å². The van der Waals surface area contributed by atoms with Gasteiger partial charge in [-0.15, -0.1) is 12.4 Å². The summed E-state index contributed by atoms with van der Waals surface area (Å²) in [5, 5.41) is 2.79. The predicted molar refractivity (Wildman–Crippen MR) is 172 cm³/mol. The van der Waals surface area contributed by atoms with Crippen LogP contribution in [-0.4, -0.2) is 91.1 Å². The highest BCUT2D eigenvalue weighted by molar-refractivity contribution is 5.97. The standard InChI is InChI=1S/C33H33F6N5O5.ClH/c1-48-20-28(45)41-26-5-2-3-6-27(26)42-15-17-43(18-16-42)30(47)31(49-23-9-7-22(8-10-23)32(34,35)36)12-4-14-44(21-31)29(46)24-19-40-13-11-25(24)33(37,38)39;/h2-3,5-11,13,19H,4,12,14-18,20-21H2,1H3,(H,41,45);1H. The van der Waals surface area contributed by atoms with E-state index >= 15 is 0 Å². The molecule has 3 amide bonds. The Morgan fingerprint density at radius 2 is 1.56 bits per heavy atom. The first-order chi connectivity index (χ1) is 23.2. The van der Waals surface area contributed by atoms with Gasteiger partial charge in [0, 0.05) is 52.2 Å². The largest absolute Gasteiger partial charge is 0.476 e. The third-order valence-electron chi connectivity index (χ3n) is 8.34. The molecule has 0 radical (unpaired) electrons. The van der Waals surface area contributed by atoms with E-state index in [9.17, 15) is 40.7 Å². The number of ether oxygens (including phenoxy) is 2. The van der Waals surface area contributed by atoms with Crippen LogP contribution >= 0.6 is 12.4 Å². The average Bonchev–Trinajstić information content (AvgIpc) is 3.07. The number of para-hydroxylation sites is 2. The molecule has 2 aliphatic heterocycles. The average molecular weight is 730 g/mol. The second kappa shape index (κ2) is 15.5. The molecule has 50 heavy (non-hydrogen) atoms. The van der Waals surface area contributed by atoms with Gasteiger partial charge in [0.15, 0.2) is 0 Å². The molecule has 2 aliphatic rings. The molecule has 3 heterocycles. The van der Waals surface area contributed by atoms with Gasteiger partial charge in [0.25, 0.3) is 11.8 Å². The maximum atomic E-state index is 14.4. The number of amides is 3. The highest BCUT2D eigenvalue weighted by atomic mass is 35.5. The molecule has 2 aromatic carbocycles. The fourth-order valence-corrected chi connectivity index (χ4v) is 6.03. The first-order valence-electron chi connectivity index (χ1n) is 15.3. The van der Waals surface area contributed by atoms with Gasteiger partial charge in [-0.25, -0.2) is 0 Å². The molecule has 1 aromatic heterocycles. The zero-order chi connectivity index (χ0) is 35.4. The smallest absolute Gasteiger partial charge is 0.417 e. The Morgan fingerprint density at radius 1 is 0.880 bits per heavy atom. The number of nitrogens with one attached hydrogen (secondary N) is 1. The summed E-state index contributed by atoms with van der Waals surface area (Å²) in [6, 6.07) is 11.5. The Kier molecular flexibility index (Phi) is 11.9. The Balaban J connectivity index is 0.00000562. The van der Waals surface area contributed by atoms with Crippen molar-refractivity contribution in [1.29, 1.82) is 0 Å². The molecule has 1 unspecified atom stereocenters. The van der Waals surface area contributed by atoms with Crippen molar-refractivity contribution in [3.63, 3.8) is 0 Å². The van der Waals surface area contributed by atoms with E-state index < -0.39 is 53.0 Å². The predicted octanol–water partition coefficient (Wildman–Crippen LogP) is 5.53. The summed E-state index contributed by atoms with van der Waals surface area (Å²) < 4.78 is 92.2. The number of pyridine rings is 1. The zero-order valence-electron chi connectivity index (χ0n) is 26.7. The number of hydrogen-bond acceptors (Lipinski definition) is 7. The number of methoxy groups -OCH3 is 1. The van der Waals surface area contributed by atoms with E-state index in [1.165, 1.54) is 12.0 Å². The number of rotatable bonds is 8. The molecule has 3 aromatic rings. The summed E-state index contributed by atoms with van der Waals surface area (Å²) in [6.07, 6.45) is -7.53. The first-order valence-corrected chi connectivity index (χ1v) is 15.3. The van der Waals surface area contributed by atoms with E-state index in [2.05, 4.69) is 10.3 Å². The number of hydrogen-bond donors (Lipinski definition) is 1. The lowest BCUT2D eigenvalue weighted by Gasteiger charge is -2.46. The number of carbonyl (C=O) groups excluding carboxylic acids is 3. The number of anilines is 2. The molecule has 2 fully saturated rings. The lowest BCUT2D eigenvalue weighted by molar-refractivity contribution is -0.153. The van der Waals surface area contributed by atoms with Crippen molar-refractivity contribution >= 4 is 41.5 Å². The Hall–Kier alpha value is -4.57. The molecule has 0 spiro atoms. The molecule has 10 nitrogen and oxygen atoms in total. The van der Waals surface area contributed by atoms with E-state index in [0.29, 0.717) is 30.5 Å². The van der Waals surface area contributed by atoms with Crippen LogP contribution in [0.25, 0.3) is 0 Å². The van der Waals surface area contributed by atoms with Gasteiger partial charge in [0.05, 0.1) is 34.6 Å². The molecule has 0 bridgehead atoms. The SMILES string of the molecule is COCC(=O)Nc1ccccc1N1CCN(C(=O)C2(Oc3ccc(C(F)(F)F)cc3)CCCN(C(=O)c3cnccc3C(F)(F)F)C2)CC1.Cl. The van der Waals surface area contributed by atoms with Crippen LogP contribution in [0.15, 0.2) is 67.0 Å². The van der Waals surface area contributed by atoms with Crippen LogP contribution in [0.2, 0.25) is 0 Å². The van der Waals surface area contributed by atoms with E-state index in [1.807, 2.05) is 11.0 Å². The highest BCUT2D eigenvalue weighted by Crippen LogP contribution is 2.36. The van der Waals surface area contributed by atoms with Gasteiger partial charge in [-0.2, -0.15) is 26.3 Å². The lowest BCUT2D eigenvalue weighted by atomic mass is 9.89. The molecule has 0 aliphatic carbocycles. The minimum atomic E-state index is -4.85. The van der Waals surface area contributed by atoms with E-state index in [-0.39, 0.29) is 63.1 Å². The van der Waals surface area contributed by atoms with Crippen LogP contribution in [0.1, 0.15) is 34.3 Å². The first kappa shape index (κ1) is 38.2. The van der Waals surface area contributed by atoms with E-state index in [4.69, 9.17) is 9.47 Å². The molecule has 5 rings (SSSR count). The topological polar surface area (TPSA) is 104 Å². The Labute approximate surface area is 289 Å². The molecule has 1 N–H and O–H groups in total. The van der Waals surface area contributed by atoms with Crippen molar-refractivity contribution in [2.24, 2.45) is 0 Å². The van der Waals surface area contributed by atoms with E-state index in [1.54, 1.807) is 18.2 Å². The molecule has 17 heteroatoms. The van der Waals surface area contributed by atoms with Crippen molar-refractivity contribution in [2.75, 3.05) is 63.2 Å². The number of carbonyl (C=O) groups is 3. The zero-order valence-corrected chi connectivity index (χ0v) is 27.5. The number of piperidine rings is 1. The normalized spacial score (nSPS) is 18.3. The second-order valence-corrected chi connectivity index (χ2v) is 11.6. The summed E-state index contributed by atoms with van der Waals surface area (Å²) in [5.74, 6) is -2.00. The number of halogens is 7. The molecular formula is C33H34ClF6N5O5. The molecular weight excluding hydrogens is 696 g/mol. The fraction of sp³-hybridized carbons (Fsp3) is 0.394. The van der Waals surface area contributed by atoms with Gasteiger partial charge in [0.2, 0.25) is 11.5 Å². The van der Waals surface area contributed by atoms with Crippen LogP contribution in [-0.2, 0) is 26.7 Å². The highest BCUT2D eigenvalue weighted by Gasteiger charge is 2.49. The molecule has 0 saturated carbocycles. The lowest BCUT2D eigenvalue weighted by Crippen LogP contribution is -2.64. The van der Waals surface area contributed by atoms with E-state index in [0.717, 1.165) is 41.6 Å². The Morgan fingerprint density at radius 3 is 2.20 bits per heavy atom. The minimum Gasteiger partial charge on any atom is -0.476 e. The van der Waals surface area contributed by atoms with Gasteiger partial charge in [-0.3, -0.25) is 19.4 Å². The minimum absolute atomic E-state index is 0. The van der Waals surface area contributed by atoms with Crippen molar-refractivity contribution in [3.05, 3.63) is 83.7 Å². The third-order valence-corrected chi connectivity index (χ3v) is 8.34. The third kappa shape index (κ3) is 8.59. The van der Waals surface area contributed by atoms with Crippen LogP contribution in [0.3, 0.4) is 0 Å². The summed E-state index contributed by atoms with van der Waals surface area (Å²) in [6.45, 7) is 0.412. The van der Waals surface area contributed by atoms with Crippen molar-refractivity contribution in [1.82, 2.24) is 14.8 Å².